The molecule has 1 N–H and O–H groups in total. The third-order valence-corrected chi connectivity index (χ3v) is 3.66. The van der Waals surface area contributed by atoms with Crippen LogP contribution in [0.5, 0.6) is 5.88 Å². The van der Waals surface area contributed by atoms with Crippen LogP contribution in [0.15, 0.2) is 30.7 Å². The number of alkyl halides is 3. The Morgan fingerprint density at radius 2 is 2.21 bits per heavy atom. The van der Waals surface area contributed by atoms with Gasteiger partial charge in [-0.1, -0.05) is 0 Å². The molecule has 128 valence electrons. The van der Waals surface area contributed by atoms with Gasteiger partial charge >= 0.3 is 6.18 Å². The van der Waals surface area contributed by atoms with Gasteiger partial charge in [-0.05, 0) is 18.6 Å². The number of aryl methyl sites for hydroxylation is 1. The van der Waals surface area contributed by atoms with E-state index in [9.17, 15) is 18.0 Å². The summed E-state index contributed by atoms with van der Waals surface area (Å²) in [6.07, 6.45) is 1.75. The largest absolute Gasteiger partial charge is 0.467 e. The van der Waals surface area contributed by atoms with Crippen molar-refractivity contribution in [3.8, 4) is 5.88 Å². The average molecular weight is 340 g/mol. The Morgan fingerprint density at radius 3 is 3.00 bits per heavy atom. The van der Waals surface area contributed by atoms with Crippen LogP contribution in [0, 0.1) is 0 Å². The van der Waals surface area contributed by atoms with Crippen molar-refractivity contribution in [3.63, 3.8) is 0 Å². The second-order valence-electron chi connectivity index (χ2n) is 5.46. The van der Waals surface area contributed by atoms with Crippen molar-refractivity contribution in [2.24, 2.45) is 0 Å². The summed E-state index contributed by atoms with van der Waals surface area (Å²) in [5.74, 6) is 0.122. The van der Waals surface area contributed by atoms with Crippen molar-refractivity contribution < 1.29 is 22.7 Å². The van der Waals surface area contributed by atoms with Gasteiger partial charge in [0, 0.05) is 37.6 Å². The number of ether oxygens (including phenoxy) is 1. The predicted molar refractivity (Wildman–Crippen MR) is 77.6 cm³/mol. The molecule has 3 heterocycles. The van der Waals surface area contributed by atoms with Crippen LogP contribution in [-0.2, 0) is 13.0 Å². The lowest BCUT2D eigenvalue weighted by Crippen LogP contribution is -2.41. The quantitative estimate of drug-likeness (QED) is 0.924. The second-order valence-corrected chi connectivity index (χ2v) is 5.46. The van der Waals surface area contributed by atoms with E-state index in [-0.39, 0.29) is 17.5 Å². The Labute approximate surface area is 135 Å². The molecular formula is C15H15F3N4O2. The number of fused-ring (bicyclic) bond motifs is 1. The van der Waals surface area contributed by atoms with Gasteiger partial charge in [0.15, 0.2) is 6.61 Å². The fourth-order valence-corrected chi connectivity index (χ4v) is 2.58. The molecule has 0 unspecified atom stereocenters. The van der Waals surface area contributed by atoms with Gasteiger partial charge in [0.2, 0.25) is 5.88 Å². The van der Waals surface area contributed by atoms with Crippen LogP contribution in [0.25, 0.3) is 0 Å². The maximum atomic E-state index is 12.4. The molecule has 1 amide bonds. The first kappa shape index (κ1) is 16.3. The summed E-state index contributed by atoms with van der Waals surface area (Å²) >= 11 is 0. The summed E-state index contributed by atoms with van der Waals surface area (Å²) in [7, 11) is 0. The molecule has 2 aromatic heterocycles. The topological polar surface area (TPSA) is 69.0 Å². The molecule has 0 aromatic carbocycles. The van der Waals surface area contributed by atoms with E-state index in [4.69, 9.17) is 0 Å². The number of carbonyl (C=O) groups is 1. The molecule has 1 aliphatic rings. The Bertz CT molecular complexity index is 730. The average Bonchev–Trinajstić information content (AvgIpc) is 3.00. The minimum Gasteiger partial charge on any atom is -0.467 e. The minimum absolute atomic E-state index is 0.0156. The SMILES string of the molecule is O=C(N[C@H]1CCc2nccn2C1)c1cccnc1OCC(F)(F)F. The first-order chi connectivity index (χ1) is 11.4. The molecule has 0 saturated carbocycles. The fourth-order valence-electron chi connectivity index (χ4n) is 2.58. The molecule has 1 aliphatic heterocycles. The van der Waals surface area contributed by atoms with E-state index in [2.05, 4.69) is 20.0 Å². The van der Waals surface area contributed by atoms with E-state index in [1.54, 1.807) is 6.20 Å². The molecule has 24 heavy (non-hydrogen) atoms. The van der Waals surface area contributed by atoms with Crippen molar-refractivity contribution >= 4 is 5.91 Å². The number of imidazole rings is 1. The van der Waals surface area contributed by atoms with Crippen LogP contribution in [0.2, 0.25) is 0 Å². The van der Waals surface area contributed by atoms with E-state index in [1.165, 1.54) is 18.3 Å². The number of hydrogen-bond acceptors (Lipinski definition) is 4. The van der Waals surface area contributed by atoms with Gasteiger partial charge in [-0.15, -0.1) is 0 Å². The Hall–Kier alpha value is -2.58. The van der Waals surface area contributed by atoms with Crippen LogP contribution in [0.3, 0.4) is 0 Å². The van der Waals surface area contributed by atoms with Gasteiger partial charge in [0.1, 0.15) is 11.4 Å². The molecular weight excluding hydrogens is 325 g/mol. The Kier molecular flexibility index (Phi) is 4.41. The summed E-state index contributed by atoms with van der Waals surface area (Å²) in [6, 6.07) is 2.74. The highest BCUT2D eigenvalue weighted by atomic mass is 19.4. The van der Waals surface area contributed by atoms with Gasteiger partial charge in [-0.3, -0.25) is 4.79 Å². The lowest BCUT2D eigenvalue weighted by Gasteiger charge is -2.25. The molecule has 0 spiro atoms. The van der Waals surface area contributed by atoms with E-state index in [0.29, 0.717) is 13.0 Å². The molecule has 9 heteroatoms. The zero-order chi connectivity index (χ0) is 17.2. The van der Waals surface area contributed by atoms with Crippen molar-refractivity contribution in [1.29, 1.82) is 0 Å². The molecule has 0 bridgehead atoms. The van der Waals surface area contributed by atoms with Crippen LogP contribution < -0.4 is 10.1 Å². The highest BCUT2D eigenvalue weighted by Crippen LogP contribution is 2.21. The highest BCUT2D eigenvalue weighted by Gasteiger charge is 2.30. The van der Waals surface area contributed by atoms with Crippen molar-refractivity contribution in [2.75, 3.05) is 6.61 Å². The molecule has 0 saturated heterocycles. The van der Waals surface area contributed by atoms with Crippen molar-refractivity contribution in [2.45, 2.75) is 31.6 Å². The summed E-state index contributed by atoms with van der Waals surface area (Å²) in [5.41, 5.74) is -0.0156. The minimum atomic E-state index is -4.49. The molecule has 1 atom stereocenters. The van der Waals surface area contributed by atoms with Gasteiger partial charge in [-0.2, -0.15) is 13.2 Å². The molecule has 0 aliphatic carbocycles. The molecule has 0 fully saturated rings. The first-order valence-corrected chi connectivity index (χ1v) is 7.38. The number of carbonyl (C=O) groups excluding carboxylic acids is 1. The smallest absolute Gasteiger partial charge is 0.422 e. The van der Waals surface area contributed by atoms with E-state index >= 15 is 0 Å². The lowest BCUT2D eigenvalue weighted by atomic mass is 10.1. The number of aromatic nitrogens is 3. The second kappa shape index (κ2) is 6.50. The van der Waals surface area contributed by atoms with Crippen molar-refractivity contribution in [3.05, 3.63) is 42.1 Å². The number of hydrogen-bond donors (Lipinski definition) is 1. The standard InChI is InChI=1S/C15H15F3N4O2/c16-15(17,18)9-24-14-11(2-1-5-20-14)13(23)21-10-3-4-12-19-6-7-22(12)8-10/h1-2,5-7,10H,3-4,8-9H2,(H,21,23)/t10-/m0/s1. The molecule has 2 aromatic rings. The number of pyridine rings is 1. The van der Waals surface area contributed by atoms with E-state index < -0.39 is 18.7 Å². The first-order valence-electron chi connectivity index (χ1n) is 7.38. The predicted octanol–water partition coefficient (Wildman–Crippen LogP) is 1.96. The van der Waals surface area contributed by atoms with Gasteiger partial charge in [0.25, 0.3) is 5.91 Å². The summed E-state index contributed by atoms with van der Waals surface area (Å²) < 4.78 is 43.5. The lowest BCUT2D eigenvalue weighted by molar-refractivity contribution is -0.154. The van der Waals surface area contributed by atoms with Gasteiger partial charge < -0.3 is 14.6 Å². The normalized spacial score (nSPS) is 17.2. The zero-order valence-electron chi connectivity index (χ0n) is 12.6. The number of rotatable bonds is 4. The van der Waals surface area contributed by atoms with E-state index in [1.807, 2.05) is 10.8 Å². The fraction of sp³-hybridized carbons (Fsp3) is 0.400. The van der Waals surface area contributed by atoms with Crippen molar-refractivity contribution in [1.82, 2.24) is 19.9 Å². The number of halogens is 3. The number of nitrogens with zero attached hydrogens (tertiary/aromatic N) is 3. The van der Waals surface area contributed by atoms with Crippen LogP contribution in [-0.4, -0.2) is 39.3 Å². The summed E-state index contributed by atoms with van der Waals surface area (Å²) in [4.78, 5) is 20.3. The van der Waals surface area contributed by atoms with Gasteiger partial charge in [0.05, 0.1) is 0 Å². The Morgan fingerprint density at radius 1 is 1.38 bits per heavy atom. The summed E-state index contributed by atoms with van der Waals surface area (Å²) in [5, 5.41) is 2.81. The highest BCUT2D eigenvalue weighted by molar-refractivity contribution is 5.96. The van der Waals surface area contributed by atoms with Gasteiger partial charge in [-0.25, -0.2) is 9.97 Å². The molecule has 6 nitrogen and oxygen atoms in total. The Balaban J connectivity index is 1.67. The third kappa shape index (κ3) is 3.84. The van der Waals surface area contributed by atoms with Crippen LogP contribution >= 0.6 is 0 Å². The van der Waals surface area contributed by atoms with E-state index in [0.717, 1.165) is 12.2 Å². The molecule has 3 rings (SSSR count). The monoisotopic (exact) mass is 340 g/mol. The third-order valence-electron chi connectivity index (χ3n) is 3.66. The maximum Gasteiger partial charge on any atom is 0.422 e. The van der Waals surface area contributed by atoms with Crippen LogP contribution in [0.1, 0.15) is 22.6 Å². The number of amides is 1. The summed E-state index contributed by atoms with van der Waals surface area (Å²) in [6.45, 7) is -0.924. The zero-order valence-corrected chi connectivity index (χ0v) is 12.6. The molecule has 0 radical (unpaired) electrons. The maximum absolute atomic E-state index is 12.4. The van der Waals surface area contributed by atoms with Crippen LogP contribution in [0.4, 0.5) is 13.2 Å². The number of nitrogens with one attached hydrogen (secondary N) is 1.